The number of nitrogens with one attached hydrogen (secondary N) is 1. The van der Waals surface area contributed by atoms with Crippen molar-refractivity contribution in [2.24, 2.45) is 7.05 Å². The number of halogens is 5. The number of alkyl halides is 3. The van der Waals surface area contributed by atoms with Gasteiger partial charge in [-0.3, -0.25) is 4.68 Å². The summed E-state index contributed by atoms with van der Waals surface area (Å²) < 4.78 is 67.2. The molecule has 2 aromatic carbocycles. The third kappa shape index (κ3) is 3.68. The SMILES string of the molecule is Cn1nc(C(F)(F)F)cc1-c1ccc(NCc2ccccc2F)c(F)c1. The molecule has 0 amide bonds. The third-order valence-corrected chi connectivity index (χ3v) is 3.86. The van der Waals surface area contributed by atoms with Crippen LogP contribution < -0.4 is 5.32 Å². The molecule has 136 valence electrons. The Morgan fingerprint density at radius 2 is 1.73 bits per heavy atom. The average molecular weight is 367 g/mol. The molecule has 0 aliphatic rings. The molecule has 26 heavy (non-hydrogen) atoms. The van der Waals surface area contributed by atoms with Crippen LogP contribution in [0.2, 0.25) is 0 Å². The predicted octanol–water partition coefficient (Wildman–Crippen LogP) is 5.00. The molecule has 3 rings (SSSR count). The third-order valence-electron chi connectivity index (χ3n) is 3.86. The van der Waals surface area contributed by atoms with Crippen molar-refractivity contribution >= 4 is 5.69 Å². The predicted molar refractivity (Wildman–Crippen MR) is 87.3 cm³/mol. The fourth-order valence-electron chi connectivity index (χ4n) is 2.53. The van der Waals surface area contributed by atoms with Crippen molar-refractivity contribution in [3.05, 3.63) is 71.4 Å². The second kappa shape index (κ2) is 6.78. The van der Waals surface area contributed by atoms with Crippen molar-refractivity contribution < 1.29 is 22.0 Å². The van der Waals surface area contributed by atoms with E-state index in [0.717, 1.165) is 16.8 Å². The van der Waals surface area contributed by atoms with Gasteiger partial charge >= 0.3 is 6.18 Å². The van der Waals surface area contributed by atoms with E-state index in [0.29, 0.717) is 5.56 Å². The minimum Gasteiger partial charge on any atom is -0.378 e. The largest absolute Gasteiger partial charge is 0.435 e. The maximum Gasteiger partial charge on any atom is 0.435 e. The number of aryl methyl sites for hydroxylation is 1. The first-order chi connectivity index (χ1) is 12.3. The molecule has 0 atom stereocenters. The Labute approximate surface area is 146 Å². The van der Waals surface area contributed by atoms with Crippen molar-refractivity contribution in [3.8, 4) is 11.3 Å². The second-order valence-electron chi connectivity index (χ2n) is 5.68. The van der Waals surface area contributed by atoms with E-state index in [4.69, 9.17) is 0 Å². The average Bonchev–Trinajstić information content (AvgIpc) is 2.97. The number of hydrogen-bond donors (Lipinski definition) is 1. The fourth-order valence-corrected chi connectivity index (χ4v) is 2.53. The summed E-state index contributed by atoms with van der Waals surface area (Å²) in [7, 11) is 1.35. The molecule has 0 aliphatic heterocycles. The van der Waals surface area contributed by atoms with Gasteiger partial charge in [0.1, 0.15) is 11.6 Å². The van der Waals surface area contributed by atoms with E-state index in [1.54, 1.807) is 18.2 Å². The van der Waals surface area contributed by atoms with E-state index in [1.807, 2.05) is 0 Å². The molecule has 8 heteroatoms. The van der Waals surface area contributed by atoms with Crippen LogP contribution >= 0.6 is 0 Å². The maximum atomic E-state index is 14.3. The van der Waals surface area contributed by atoms with Gasteiger partial charge < -0.3 is 5.32 Å². The topological polar surface area (TPSA) is 29.9 Å². The van der Waals surface area contributed by atoms with Gasteiger partial charge in [-0.15, -0.1) is 0 Å². The molecule has 1 heterocycles. The normalized spacial score (nSPS) is 11.6. The van der Waals surface area contributed by atoms with Crippen LogP contribution in [0.1, 0.15) is 11.3 Å². The molecule has 1 aromatic heterocycles. The van der Waals surface area contributed by atoms with E-state index in [9.17, 15) is 22.0 Å². The molecule has 0 saturated heterocycles. The summed E-state index contributed by atoms with van der Waals surface area (Å²) in [5.74, 6) is -1.07. The molecular formula is C18H14F5N3. The van der Waals surface area contributed by atoms with Gasteiger partial charge in [-0.2, -0.15) is 18.3 Å². The summed E-state index contributed by atoms with van der Waals surface area (Å²) in [6, 6.07) is 10.9. The Bertz CT molecular complexity index is 931. The van der Waals surface area contributed by atoms with Crippen molar-refractivity contribution in [2.75, 3.05) is 5.32 Å². The summed E-state index contributed by atoms with van der Waals surface area (Å²) >= 11 is 0. The van der Waals surface area contributed by atoms with E-state index in [1.165, 1.54) is 25.2 Å². The molecule has 0 saturated carbocycles. The number of benzene rings is 2. The first-order valence-corrected chi connectivity index (χ1v) is 7.64. The van der Waals surface area contributed by atoms with Crippen LogP contribution in [0.5, 0.6) is 0 Å². The first kappa shape index (κ1) is 17.9. The van der Waals surface area contributed by atoms with Crippen LogP contribution in [-0.2, 0) is 19.8 Å². The molecule has 3 aromatic rings. The van der Waals surface area contributed by atoms with Gasteiger partial charge in [0.15, 0.2) is 5.69 Å². The van der Waals surface area contributed by atoms with Crippen LogP contribution in [0.15, 0.2) is 48.5 Å². The van der Waals surface area contributed by atoms with Crippen LogP contribution in [-0.4, -0.2) is 9.78 Å². The maximum absolute atomic E-state index is 14.3. The zero-order valence-electron chi connectivity index (χ0n) is 13.6. The second-order valence-corrected chi connectivity index (χ2v) is 5.68. The molecule has 0 fully saturated rings. The highest BCUT2D eigenvalue weighted by atomic mass is 19.4. The lowest BCUT2D eigenvalue weighted by Crippen LogP contribution is -2.06. The molecule has 1 N–H and O–H groups in total. The van der Waals surface area contributed by atoms with Crippen LogP contribution in [0.3, 0.4) is 0 Å². The molecule has 0 aliphatic carbocycles. The molecular weight excluding hydrogens is 353 g/mol. The van der Waals surface area contributed by atoms with Gasteiger partial charge in [0.05, 0.1) is 11.4 Å². The van der Waals surface area contributed by atoms with Crippen molar-refractivity contribution in [3.63, 3.8) is 0 Å². The highest BCUT2D eigenvalue weighted by Gasteiger charge is 2.34. The zero-order chi connectivity index (χ0) is 18.9. The van der Waals surface area contributed by atoms with Crippen molar-refractivity contribution in [1.29, 1.82) is 0 Å². The minimum atomic E-state index is -4.57. The summed E-state index contributed by atoms with van der Waals surface area (Å²) in [6.45, 7) is 0.0763. The van der Waals surface area contributed by atoms with Crippen LogP contribution in [0, 0.1) is 11.6 Å². The van der Waals surface area contributed by atoms with E-state index >= 15 is 0 Å². The van der Waals surface area contributed by atoms with Crippen LogP contribution in [0.4, 0.5) is 27.6 Å². The molecule has 0 unspecified atom stereocenters. The number of anilines is 1. The zero-order valence-corrected chi connectivity index (χ0v) is 13.6. The number of aromatic nitrogens is 2. The quantitative estimate of drug-likeness (QED) is 0.658. The van der Waals surface area contributed by atoms with E-state index in [-0.39, 0.29) is 23.5 Å². The molecule has 0 spiro atoms. The first-order valence-electron chi connectivity index (χ1n) is 7.64. The number of hydrogen-bond acceptors (Lipinski definition) is 2. The smallest absolute Gasteiger partial charge is 0.378 e. The Balaban J connectivity index is 1.82. The molecule has 3 nitrogen and oxygen atoms in total. The Morgan fingerprint density at radius 1 is 1.00 bits per heavy atom. The summed E-state index contributed by atoms with van der Waals surface area (Å²) in [5.41, 5.74) is -0.161. The van der Waals surface area contributed by atoms with Gasteiger partial charge in [0.25, 0.3) is 0 Å². The Morgan fingerprint density at radius 3 is 2.35 bits per heavy atom. The lowest BCUT2D eigenvalue weighted by atomic mass is 10.1. The Kier molecular flexibility index (Phi) is 4.67. The highest BCUT2D eigenvalue weighted by Crippen LogP contribution is 2.32. The van der Waals surface area contributed by atoms with Crippen molar-refractivity contribution in [2.45, 2.75) is 12.7 Å². The van der Waals surface area contributed by atoms with Gasteiger partial charge in [-0.05, 0) is 24.3 Å². The lowest BCUT2D eigenvalue weighted by molar-refractivity contribution is -0.141. The summed E-state index contributed by atoms with van der Waals surface area (Å²) in [6.07, 6.45) is -4.57. The lowest BCUT2D eigenvalue weighted by Gasteiger charge is -2.10. The van der Waals surface area contributed by atoms with Crippen molar-refractivity contribution in [1.82, 2.24) is 9.78 Å². The van der Waals surface area contributed by atoms with Crippen LogP contribution in [0.25, 0.3) is 11.3 Å². The number of rotatable bonds is 4. The van der Waals surface area contributed by atoms with E-state index in [2.05, 4.69) is 10.4 Å². The Hall–Kier alpha value is -2.90. The monoisotopic (exact) mass is 367 g/mol. The number of nitrogens with zero attached hydrogens (tertiary/aromatic N) is 2. The molecule has 0 bridgehead atoms. The van der Waals surface area contributed by atoms with Gasteiger partial charge in [0, 0.05) is 24.7 Å². The molecule has 0 radical (unpaired) electrons. The van der Waals surface area contributed by atoms with Gasteiger partial charge in [-0.25, -0.2) is 8.78 Å². The minimum absolute atomic E-state index is 0.0763. The van der Waals surface area contributed by atoms with Gasteiger partial charge in [-0.1, -0.05) is 24.3 Å². The standard InChI is InChI=1S/C18H14F5N3/c1-26-16(9-17(25-26)18(21,22)23)11-6-7-15(14(20)8-11)24-10-12-4-2-3-5-13(12)19/h2-9,24H,10H2,1H3. The summed E-state index contributed by atoms with van der Waals surface area (Å²) in [4.78, 5) is 0. The van der Waals surface area contributed by atoms with E-state index < -0.39 is 23.5 Å². The summed E-state index contributed by atoms with van der Waals surface area (Å²) in [5, 5.41) is 6.18. The highest BCUT2D eigenvalue weighted by molar-refractivity contribution is 5.64. The fraction of sp³-hybridized carbons (Fsp3) is 0.167. The van der Waals surface area contributed by atoms with Gasteiger partial charge in [0.2, 0.25) is 0 Å².